The van der Waals surface area contributed by atoms with Crippen molar-refractivity contribution in [3.63, 3.8) is 0 Å². The first-order chi connectivity index (χ1) is 13.7. The molecule has 29 heavy (non-hydrogen) atoms. The molecule has 1 aliphatic carbocycles. The Morgan fingerprint density at radius 3 is 2.83 bits per heavy atom. The summed E-state index contributed by atoms with van der Waals surface area (Å²) in [6.45, 7) is 7.67. The van der Waals surface area contributed by atoms with Crippen LogP contribution in [0.1, 0.15) is 65.1 Å². The number of fused-ring (bicyclic) bond motifs is 1. The van der Waals surface area contributed by atoms with Gasteiger partial charge in [-0.1, -0.05) is 13.8 Å². The van der Waals surface area contributed by atoms with Crippen LogP contribution in [0.3, 0.4) is 0 Å². The van der Waals surface area contributed by atoms with Crippen LogP contribution >= 0.6 is 0 Å². The quantitative estimate of drug-likeness (QED) is 0.809. The summed E-state index contributed by atoms with van der Waals surface area (Å²) in [6.07, 6.45) is 5.65. The summed E-state index contributed by atoms with van der Waals surface area (Å²) in [5.74, 6) is -0.258. The zero-order valence-electron chi connectivity index (χ0n) is 17.4. The molecule has 1 amide bonds. The highest BCUT2D eigenvalue weighted by atomic mass is 16.5. The van der Waals surface area contributed by atoms with E-state index in [1.165, 1.54) is 0 Å². The summed E-state index contributed by atoms with van der Waals surface area (Å²) in [6, 6.07) is 5.59. The van der Waals surface area contributed by atoms with E-state index in [1.807, 2.05) is 25.3 Å². The van der Waals surface area contributed by atoms with E-state index in [0.717, 1.165) is 48.4 Å². The zero-order chi connectivity index (χ0) is 20.8. The molecule has 0 radical (unpaired) electrons. The highest BCUT2D eigenvalue weighted by Crippen LogP contribution is 2.38. The molecule has 0 bridgehead atoms. The van der Waals surface area contributed by atoms with Crippen molar-refractivity contribution in [2.45, 2.75) is 52.6 Å². The number of aryl methyl sites for hydroxylation is 1. The van der Waals surface area contributed by atoms with Gasteiger partial charge in [-0.2, -0.15) is 0 Å². The van der Waals surface area contributed by atoms with Crippen molar-refractivity contribution in [3.05, 3.63) is 46.8 Å². The molecule has 2 aliphatic rings. The lowest BCUT2D eigenvalue weighted by Crippen LogP contribution is -2.28. The van der Waals surface area contributed by atoms with Gasteiger partial charge in [-0.05, 0) is 55.4 Å². The lowest BCUT2D eigenvalue weighted by atomic mass is 9.75. The van der Waals surface area contributed by atoms with Crippen molar-refractivity contribution in [1.82, 2.24) is 4.57 Å². The number of Topliss-reactive ketones (excluding diaryl/α,β-unsaturated/α-hetero) is 1. The van der Waals surface area contributed by atoms with Gasteiger partial charge in [0.2, 0.25) is 0 Å². The number of benzene rings is 1. The first-order valence-electron chi connectivity index (χ1n) is 10.3. The number of hydrogen-bond acceptors (Lipinski definition) is 4. The van der Waals surface area contributed by atoms with Crippen LogP contribution < -0.4 is 11.1 Å². The van der Waals surface area contributed by atoms with Gasteiger partial charge in [-0.15, -0.1) is 0 Å². The summed E-state index contributed by atoms with van der Waals surface area (Å²) >= 11 is 0. The van der Waals surface area contributed by atoms with Gasteiger partial charge in [0.1, 0.15) is 0 Å². The molecule has 1 atom stereocenters. The van der Waals surface area contributed by atoms with Crippen LogP contribution in [0, 0.1) is 12.3 Å². The lowest BCUT2D eigenvalue weighted by molar-refractivity contribution is 0.0909. The number of rotatable bonds is 5. The van der Waals surface area contributed by atoms with E-state index in [9.17, 15) is 9.59 Å². The Hall–Kier alpha value is -2.60. The van der Waals surface area contributed by atoms with Crippen molar-refractivity contribution in [3.8, 4) is 5.69 Å². The summed E-state index contributed by atoms with van der Waals surface area (Å²) in [7, 11) is 0. The van der Waals surface area contributed by atoms with E-state index in [-0.39, 0.29) is 17.3 Å². The number of anilines is 1. The first-order valence-corrected chi connectivity index (χ1v) is 10.3. The van der Waals surface area contributed by atoms with Crippen molar-refractivity contribution in [2.75, 3.05) is 18.5 Å². The molecule has 4 rings (SSSR count). The van der Waals surface area contributed by atoms with E-state index in [4.69, 9.17) is 10.5 Å². The largest absolute Gasteiger partial charge is 0.382 e. The molecule has 1 saturated heterocycles. The summed E-state index contributed by atoms with van der Waals surface area (Å²) < 4.78 is 7.77. The van der Waals surface area contributed by atoms with Crippen LogP contribution in [0.4, 0.5) is 5.69 Å². The molecule has 3 N–H and O–H groups in total. The SMILES string of the molecule is Cc1cn(-c2ccc(C(N)=O)c(NCC3CCCO3)c2)c2c1C(=O)CC(C)(C)C2. The predicted octanol–water partition coefficient (Wildman–Crippen LogP) is 3.63. The van der Waals surface area contributed by atoms with Gasteiger partial charge in [0.15, 0.2) is 5.78 Å². The molecule has 1 unspecified atom stereocenters. The summed E-state index contributed by atoms with van der Waals surface area (Å²) in [4.78, 5) is 24.7. The molecule has 0 spiro atoms. The fourth-order valence-corrected chi connectivity index (χ4v) is 4.58. The van der Waals surface area contributed by atoms with Crippen LogP contribution in [-0.4, -0.2) is 35.5 Å². The third-order valence-corrected chi connectivity index (χ3v) is 5.95. The van der Waals surface area contributed by atoms with Crippen molar-refractivity contribution >= 4 is 17.4 Å². The van der Waals surface area contributed by atoms with Gasteiger partial charge >= 0.3 is 0 Å². The topological polar surface area (TPSA) is 86.3 Å². The molecule has 0 saturated carbocycles. The lowest BCUT2D eigenvalue weighted by Gasteiger charge is -2.30. The molecule has 1 fully saturated rings. The number of nitrogens with zero attached hydrogens (tertiary/aromatic N) is 1. The Kier molecular flexibility index (Phi) is 4.99. The molecular formula is C23H29N3O3. The molecule has 1 aromatic carbocycles. The Morgan fingerprint density at radius 1 is 1.34 bits per heavy atom. The molecular weight excluding hydrogens is 366 g/mol. The van der Waals surface area contributed by atoms with Crippen LogP contribution in [0.2, 0.25) is 0 Å². The fourth-order valence-electron chi connectivity index (χ4n) is 4.58. The summed E-state index contributed by atoms with van der Waals surface area (Å²) in [5, 5.41) is 3.35. The third-order valence-electron chi connectivity index (χ3n) is 5.95. The maximum atomic E-state index is 12.7. The molecule has 154 valence electrons. The van der Waals surface area contributed by atoms with Gasteiger partial charge < -0.3 is 20.4 Å². The molecule has 1 aliphatic heterocycles. The molecule has 2 heterocycles. The highest BCUT2D eigenvalue weighted by Gasteiger charge is 2.34. The Balaban J connectivity index is 1.72. The molecule has 6 nitrogen and oxygen atoms in total. The van der Waals surface area contributed by atoms with E-state index in [2.05, 4.69) is 23.7 Å². The number of carbonyl (C=O) groups excluding carboxylic acids is 2. The normalized spacial score (nSPS) is 20.5. The van der Waals surface area contributed by atoms with Crippen LogP contribution in [0.15, 0.2) is 24.4 Å². The number of amides is 1. The van der Waals surface area contributed by atoms with Crippen molar-refractivity contribution in [1.29, 1.82) is 0 Å². The number of hydrogen-bond donors (Lipinski definition) is 2. The van der Waals surface area contributed by atoms with Gasteiger partial charge in [0.25, 0.3) is 5.91 Å². The van der Waals surface area contributed by atoms with Gasteiger partial charge in [-0.3, -0.25) is 9.59 Å². The number of nitrogens with two attached hydrogens (primary N) is 1. The average molecular weight is 396 g/mol. The number of nitrogens with one attached hydrogen (secondary N) is 1. The van der Waals surface area contributed by atoms with Crippen molar-refractivity contribution < 1.29 is 14.3 Å². The average Bonchev–Trinajstić information content (AvgIpc) is 3.26. The van der Waals surface area contributed by atoms with Crippen LogP contribution in [0.25, 0.3) is 5.69 Å². The third kappa shape index (κ3) is 3.81. The van der Waals surface area contributed by atoms with E-state index in [0.29, 0.717) is 24.2 Å². The standard InChI is InChI=1S/C23H29N3O3/c1-14-13-26(19-10-23(2,3)11-20(27)21(14)19)15-6-7-17(22(24)28)18(9-15)25-12-16-5-4-8-29-16/h6-7,9,13,16,25H,4-5,8,10-12H2,1-3H3,(H2,24,28). The zero-order valence-corrected chi connectivity index (χ0v) is 17.4. The highest BCUT2D eigenvalue weighted by molar-refractivity contribution is 6.01. The first kappa shape index (κ1) is 19.7. The summed E-state index contributed by atoms with van der Waals surface area (Å²) in [5.41, 5.74) is 10.5. The Bertz CT molecular complexity index is 968. The molecule has 2 aromatic rings. The minimum absolute atomic E-state index is 0.0688. The van der Waals surface area contributed by atoms with E-state index in [1.54, 1.807) is 6.07 Å². The van der Waals surface area contributed by atoms with Crippen molar-refractivity contribution in [2.24, 2.45) is 11.1 Å². The predicted molar refractivity (Wildman–Crippen MR) is 113 cm³/mol. The maximum Gasteiger partial charge on any atom is 0.250 e. The van der Waals surface area contributed by atoms with Gasteiger partial charge in [-0.25, -0.2) is 0 Å². The monoisotopic (exact) mass is 395 g/mol. The molecule has 6 heteroatoms. The number of aromatic nitrogens is 1. The minimum Gasteiger partial charge on any atom is -0.382 e. The maximum absolute atomic E-state index is 12.7. The van der Waals surface area contributed by atoms with Gasteiger partial charge in [0.05, 0.1) is 11.7 Å². The minimum atomic E-state index is -0.464. The van der Waals surface area contributed by atoms with Gasteiger partial charge in [0, 0.05) is 48.4 Å². The number of primary amides is 1. The second-order valence-corrected chi connectivity index (χ2v) is 9.05. The number of carbonyl (C=O) groups is 2. The van der Waals surface area contributed by atoms with Crippen LogP contribution in [-0.2, 0) is 11.2 Å². The molecule has 1 aromatic heterocycles. The smallest absolute Gasteiger partial charge is 0.250 e. The number of ketones is 1. The Labute approximate surface area is 171 Å². The second kappa shape index (κ2) is 7.34. The van der Waals surface area contributed by atoms with E-state index < -0.39 is 5.91 Å². The fraction of sp³-hybridized carbons (Fsp3) is 0.478. The van der Waals surface area contributed by atoms with Crippen LogP contribution in [0.5, 0.6) is 0 Å². The second-order valence-electron chi connectivity index (χ2n) is 9.05. The Morgan fingerprint density at radius 2 is 2.14 bits per heavy atom. The number of ether oxygens (including phenoxy) is 1. The van der Waals surface area contributed by atoms with E-state index >= 15 is 0 Å².